The summed E-state index contributed by atoms with van der Waals surface area (Å²) in [7, 11) is 1.84. The zero-order valence-electron chi connectivity index (χ0n) is 24.0. The number of nitrogens with one attached hydrogen (secondary N) is 2. The molecule has 2 aromatic carbocycles. The number of imidazole rings is 1. The van der Waals surface area contributed by atoms with Crippen LogP contribution in [0.5, 0.6) is 0 Å². The minimum absolute atomic E-state index is 0.138. The van der Waals surface area contributed by atoms with Crippen LogP contribution >= 0.6 is 0 Å². The van der Waals surface area contributed by atoms with Gasteiger partial charge in [0.15, 0.2) is 0 Å². The number of aryl methyl sites for hydroxylation is 1. The molecule has 3 amide bonds. The summed E-state index contributed by atoms with van der Waals surface area (Å²) < 4.78 is 7.35. The third-order valence-electron chi connectivity index (χ3n) is 6.81. The largest absolute Gasteiger partial charge is 0.444 e. The third kappa shape index (κ3) is 7.76. The minimum atomic E-state index is -1.01. The van der Waals surface area contributed by atoms with Crippen LogP contribution in [0.4, 0.5) is 4.79 Å². The smallest absolute Gasteiger partial charge is 0.408 e. The van der Waals surface area contributed by atoms with Crippen LogP contribution in [-0.2, 0) is 21.4 Å². The Balaban J connectivity index is 1.60. The monoisotopic (exact) mass is 555 g/mol. The van der Waals surface area contributed by atoms with Gasteiger partial charge in [-0.05, 0) is 50.7 Å². The van der Waals surface area contributed by atoms with Crippen LogP contribution in [0.25, 0.3) is 0 Å². The number of carbonyl (C=O) groups excluding carboxylic acids is 3. The van der Waals surface area contributed by atoms with E-state index in [1.165, 1.54) is 0 Å². The van der Waals surface area contributed by atoms with Crippen molar-refractivity contribution < 1.29 is 19.1 Å². The first-order valence-corrected chi connectivity index (χ1v) is 13.8. The van der Waals surface area contributed by atoms with Gasteiger partial charge in [-0.1, -0.05) is 66.6 Å². The number of ether oxygens (including phenoxy) is 1. The first kappa shape index (κ1) is 29.4. The number of benzene rings is 2. The van der Waals surface area contributed by atoms with Crippen LogP contribution in [0.2, 0.25) is 0 Å². The summed E-state index contributed by atoms with van der Waals surface area (Å²) in [5.74, 6) is 4.79. The van der Waals surface area contributed by atoms with Gasteiger partial charge in [-0.2, -0.15) is 0 Å². The van der Waals surface area contributed by atoms with Crippen molar-refractivity contribution in [3.63, 3.8) is 0 Å². The summed E-state index contributed by atoms with van der Waals surface area (Å²) in [6, 6.07) is 17.5. The predicted molar refractivity (Wildman–Crippen MR) is 156 cm³/mol. The van der Waals surface area contributed by atoms with Crippen molar-refractivity contribution in [2.45, 2.75) is 57.2 Å². The number of rotatable bonds is 7. The molecule has 214 valence electrons. The summed E-state index contributed by atoms with van der Waals surface area (Å²) in [5.41, 5.74) is 1.71. The molecule has 1 fully saturated rings. The highest BCUT2D eigenvalue weighted by molar-refractivity contribution is 5.93. The molecular weight excluding hydrogens is 518 g/mol. The van der Waals surface area contributed by atoms with Crippen LogP contribution in [0.15, 0.2) is 73.2 Å². The van der Waals surface area contributed by atoms with Gasteiger partial charge in [0.05, 0.1) is 19.1 Å². The van der Waals surface area contributed by atoms with E-state index < -0.39 is 29.7 Å². The number of nitrogens with zero attached hydrogens (tertiary/aromatic N) is 3. The first-order chi connectivity index (χ1) is 19.6. The Hall–Kier alpha value is -4.58. The molecule has 0 radical (unpaired) electrons. The molecule has 41 heavy (non-hydrogen) atoms. The van der Waals surface area contributed by atoms with E-state index in [0.717, 1.165) is 16.8 Å². The van der Waals surface area contributed by atoms with Crippen LogP contribution < -0.4 is 10.6 Å². The maximum atomic E-state index is 14.3. The van der Waals surface area contributed by atoms with E-state index in [1.807, 2.05) is 67.7 Å². The van der Waals surface area contributed by atoms with Crippen LogP contribution in [0.1, 0.15) is 56.4 Å². The van der Waals surface area contributed by atoms with Crippen molar-refractivity contribution in [1.82, 2.24) is 25.1 Å². The van der Waals surface area contributed by atoms with Crippen LogP contribution in [-0.4, -0.2) is 63.1 Å². The summed E-state index contributed by atoms with van der Waals surface area (Å²) >= 11 is 0. The molecule has 0 unspecified atom stereocenters. The van der Waals surface area contributed by atoms with Crippen molar-refractivity contribution in [3.8, 4) is 11.8 Å². The fourth-order valence-electron chi connectivity index (χ4n) is 4.96. The molecule has 0 saturated carbocycles. The molecule has 3 aromatic rings. The van der Waals surface area contributed by atoms with Crippen molar-refractivity contribution >= 4 is 17.9 Å². The molecule has 9 heteroatoms. The molecule has 2 N–H and O–H groups in total. The number of amides is 3. The second kappa shape index (κ2) is 13.2. The Morgan fingerprint density at radius 1 is 1.05 bits per heavy atom. The number of alkyl carbamates (subject to hydrolysis) is 1. The Bertz CT molecular complexity index is 1360. The summed E-state index contributed by atoms with van der Waals surface area (Å²) in [4.78, 5) is 46.2. The van der Waals surface area contributed by atoms with E-state index in [1.54, 1.807) is 42.8 Å². The highest BCUT2D eigenvalue weighted by atomic mass is 16.6. The molecule has 2 atom stereocenters. The lowest BCUT2D eigenvalue weighted by atomic mass is 9.84. The Morgan fingerprint density at radius 3 is 2.24 bits per heavy atom. The quantitative estimate of drug-likeness (QED) is 0.434. The first-order valence-electron chi connectivity index (χ1n) is 13.8. The van der Waals surface area contributed by atoms with Gasteiger partial charge in [-0.3, -0.25) is 9.59 Å². The van der Waals surface area contributed by atoms with Crippen LogP contribution in [0.3, 0.4) is 0 Å². The highest BCUT2D eigenvalue weighted by Gasteiger charge is 2.42. The zero-order chi connectivity index (χ0) is 29.4. The van der Waals surface area contributed by atoms with Gasteiger partial charge in [0.25, 0.3) is 0 Å². The van der Waals surface area contributed by atoms with Crippen molar-refractivity contribution in [2.24, 2.45) is 7.05 Å². The molecule has 0 bridgehead atoms. The SMILES string of the molecule is Cn1cncc1C#CCNC(=O)[C@@H]1CCCN1C(=O)[C@H](NC(=O)OC(C)(C)C)C(c1ccccc1)c1ccccc1. The van der Waals surface area contributed by atoms with Gasteiger partial charge in [-0.25, -0.2) is 9.78 Å². The molecule has 0 spiro atoms. The van der Waals surface area contributed by atoms with Gasteiger partial charge < -0.3 is 24.8 Å². The van der Waals surface area contributed by atoms with E-state index in [0.29, 0.717) is 19.4 Å². The third-order valence-corrected chi connectivity index (χ3v) is 6.81. The number of hydrogen-bond acceptors (Lipinski definition) is 5. The minimum Gasteiger partial charge on any atom is -0.444 e. The second-order valence-corrected chi connectivity index (χ2v) is 11.0. The standard InChI is InChI=1S/C32H37N5O4/c1-32(2,3)41-31(40)35-28(27(23-13-7-5-8-14-23)24-15-9-6-10-16-24)30(39)37-20-12-18-26(37)29(38)34-19-11-17-25-21-33-22-36(25)4/h5-10,13-16,21-22,26-28H,12,18-20H2,1-4H3,(H,34,38)(H,35,40)/t26-,28+/m0/s1. The van der Waals surface area contributed by atoms with Crippen molar-refractivity contribution in [2.75, 3.05) is 13.1 Å². The number of carbonyl (C=O) groups is 3. The molecule has 9 nitrogen and oxygen atoms in total. The molecule has 1 aromatic heterocycles. The molecule has 0 aliphatic carbocycles. The fraction of sp³-hybridized carbons (Fsp3) is 0.375. The predicted octanol–water partition coefficient (Wildman–Crippen LogP) is 3.60. The molecule has 4 rings (SSSR count). The maximum absolute atomic E-state index is 14.3. The van der Waals surface area contributed by atoms with Gasteiger partial charge >= 0.3 is 6.09 Å². The van der Waals surface area contributed by atoms with E-state index in [9.17, 15) is 14.4 Å². The van der Waals surface area contributed by atoms with Crippen molar-refractivity contribution in [1.29, 1.82) is 0 Å². The van der Waals surface area contributed by atoms with Gasteiger partial charge in [-0.15, -0.1) is 0 Å². The van der Waals surface area contributed by atoms with Gasteiger partial charge in [0.2, 0.25) is 11.8 Å². The number of likely N-dealkylation sites (tertiary alicyclic amines) is 1. The normalized spacial score (nSPS) is 15.5. The van der Waals surface area contributed by atoms with E-state index >= 15 is 0 Å². The zero-order valence-corrected chi connectivity index (χ0v) is 24.0. The van der Waals surface area contributed by atoms with Crippen LogP contribution in [0, 0.1) is 11.8 Å². The summed E-state index contributed by atoms with van der Waals surface area (Å²) in [5, 5.41) is 5.71. The molecule has 2 heterocycles. The molecule has 1 saturated heterocycles. The van der Waals surface area contributed by atoms with E-state index in [4.69, 9.17) is 4.74 Å². The maximum Gasteiger partial charge on any atom is 0.408 e. The molecular formula is C32H37N5O4. The highest BCUT2D eigenvalue weighted by Crippen LogP contribution is 2.31. The number of hydrogen-bond donors (Lipinski definition) is 2. The lowest BCUT2D eigenvalue weighted by Crippen LogP contribution is -2.56. The van der Waals surface area contributed by atoms with Crippen molar-refractivity contribution in [3.05, 3.63) is 90.0 Å². The summed E-state index contributed by atoms with van der Waals surface area (Å²) in [6.45, 7) is 5.85. The lowest BCUT2D eigenvalue weighted by Gasteiger charge is -2.34. The molecule has 1 aliphatic heterocycles. The second-order valence-electron chi connectivity index (χ2n) is 11.0. The van der Waals surface area contributed by atoms with Gasteiger partial charge in [0, 0.05) is 19.5 Å². The topological polar surface area (TPSA) is 106 Å². The number of aromatic nitrogens is 2. The summed E-state index contributed by atoms with van der Waals surface area (Å²) in [6.07, 6.45) is 3.81. The van der Waals surface area contributed by atoms with E-state index in [2.05, 4.69) is 27.5 Å². The van der Waals surface area contributed by atoms with E-state index in [-0.39, 0.29) is 18.4 Å². The average molecular weight is 556 g/mol. The Labute approximate surface area is 241 Å². The Kier molecular flexibility index (Phi) is 9.45. The Morgan fingerprint density at radius 2 is 1.68 bits per heavy atom. The average Bonchev–Trinajstić information content (AvgIpc) is 3.60. The molecule has 1 aliphatic rings. The van der Waals surface area contributed by atoms with Gasteiger partial charge in [0.1, 0.15) is 23.4 Å². The lowest BCUT2D eigenvalue weighted by molar-refractivity contribution is -0.140. The fourth-order valence-corrected chi connectivity index (χ4v) is 4.96.